The van der Waals surface area contributed by atoms with E-state index in [2.05, 4.69) is 4.74 Å². The lowest BCUT2D eigenvalue weighted by Gasteiger charge is -2.38. The molecule has 0 saturated heterocycles. The first kappa shape index (κ1) is 26.4. The largest absolute Gasteiger partial charge is 0.573 e. The first-order valence-corrected chi connectivity index (χ1v) is 11.8. The zero-order valence-corrected chi connectivity index (χ0v) is 20.8. The zero-order valence-electron chi connectivity index (χ0n) is 20.8. The van der Waals surface area contributed by atoms with Gasteiger partial charge in [0.25, 0.3) is 0 Å². The molecule has 0 amide bonds. The Morgan fingerprint density at radius 1 is 1.08 bits per heavy atom. The number of hydrogen-bond acceptors (Lipinski definition) is 4. The summed E-state index contributed by atoms with van der Waals surface area (Å²) in [5.41, 5.74) is 1.95. The second-order valence-corrected chi connectivity index (χ2v) is 10.00. The van der Waals surface area contributed by atoms with E-state index in [-0.39, 0.29) is 11.5 Å². The van der Waals surface area contributed by atoms with Crippen LogP contribution >= 0.6 is 0 Å². The number of halogens is 4. The van der Waals surface area contributed by atoms with Gasteiger partial charge >= 0.3 is 6.36 Å². The van der Waals surface area contributed by atoms with Crippen molar-refractivity contribution in [1.29, 1.82) is 0 Å². The number of carbonyl (C=O) groups is 2. The lowest BCUT2D eigenvalue weighted by atomic mass is 9.76. The van der Waals surface area contributed by atoms with E-state index in [1.165, 1.54) is 36.4 Å². The van der Waals surface area contributed by atoms with E-state index in [4.69, 9.17) is 4.74 Å². The molecule has 0 spiro atoms. The van der Waals surface area contributed by atoms with Crippen LogP contribution in [0, 0.1) is 5.82 Å². The maximum atomic E-state index is 14.0. The minimum absolute atomic E-state index is 0.138. The van der Waals surface area contributed by atoms with Crippen molar-refractivity contribution in [1.82, 2.24) is 0 Å². The Bertz CT molecular complexity index is 1320. The van der Waals surface area contributed by atoms with E-state index < -0.39 is 35.2 Å². The maximum absolute atomic E-state index is 14.0. The van der Waals surface area contributed by atoms with Crippen LogP contribution in [0.25, 0.3) is 11.1 Å². The fourth-order valence-electron chi connectivity index (χ4n) is 4.80. The van der Waals surface area contributed by atoms with Gasteiger partial charge in [-0.2, -0.15) is 0 Å². The SMILES string of the molecule is CC(C)c1cc2c(c(-c3ccc(F)cc3)c1C(=O)c1ccc(OC(F)(F)F)cc1)C(C=O)CC(C)(C)O2. The van der Waals surface area contributed by atoms with E-state index in [0.717, 1.165) is 18.4 Å². The highest BCUT2D eigenvalue weighted by Crippen LogP contribution is 2.49. The monoisotopic (exact) mass is 514 g/mol. The topological polar surface area (TPSA) is 52.6 Å². The standard InChI is InChI=1S/C29H26F4O4/c1-16(2)22-13-23-24(19(15-34)14-28(3,4)37-23)25(17-5-9-20(30)10-6-17)26(22)27(35)18-7-11-21(12-8-18)36-29(31,32)33/h5-13,15-16,19H,14H2,1-4H3. The molecule has 37 heavy (non-hydrogen) atoms. The molecule has 0 N–H and O–H groups in total. The Morgan fingerprint density at radius 3 is 2.24 bits per heavy atom. The van der Waals surface area contributed by atoms with Crippen molar-refractivity contribution in [2.45, 2.75) is 57.9 Å². The number of carbonyl (C=O) groups excluding carboxylic acids is 2. The summed E-state index contributed by atoms with van der Waals surface area (Å²) in [5.74, 6) is -1.63. The van der Waals surface area contributed by atoms with E-state index >= 15 is 0 Å². The minimum atomic E-state index is -4.86. The molecule has 4 rings (SSSR count). The van der Waals surface area contributed by atoms with Gasteiger partial charge < -0.3 is 14.3 Å². The highest BCUT2D eigenvalue weighted by molar-refractivity contribution is 6.15. The predicted octanol–water partition coefficient (Wildman–Crippen LogP) is 7.59. The molecule has 1 heterocycles. The van der Waals surface area contributed by atoms with Crippen LogP contribution in [-0.4, -0.2) is 24.0 Å². The summed E-state index contributed by atoms with van der Waals surface area (Å²) in [6.07, 6.45) is -3.67. The number of hydrogen-bond donors (Lipinski definition) is 0. The van der Waals surface area contributed by atoms with E-state index in [1.54, 1.807) is 6.07 Å². The Morgan fingerprint density at radius 2 is 1.70 bits per heavy atom. The third-order valence-corrected chi connectivity index (χ3v) is 6.32. The number of aldehydes is 1. The quantitative estimate of drug-likeness (QED) is 0.193. The van der Waals surface area contributed by atoms with Gasteiger partial charge in [0, 0.05) is 34.6 Å². The van der Waals surface area contributed by atoms with Crippen molar-refractivity contribution >= 4 is 12.1 Å². The molecule has 1 aliphatic heterocycles. The number of alkyl halides is 3. The molecule has 0 bridgehead atoms. The van der Waals surface area contributed by atoms with E-state index in [1.807, 2.05) is 27.7 Å². The summed E-state index contributed by atoms with van der Waals surface area (Å²) < 4.78 is 61.8. The molecule has 3 aromatic rings. The normalized spacial score (nSPS) is 16.6. The van der Waals surface area contributed by atoms with Crippen molar-refractivity contribution < 1.29 is 36.6 Å². The van der Waals surface area contributed by atoms with Gasteiger partial charge in [-0.3, -0.25) is 4.79 Å². The maximum Gasteiger partial charge on any atom is 0.573 e. The number of ether oxygens (including phenoxy) is 2. The van der Waals surface area contributed by atoms with Gasteiger partial charge in [0.15, 0.2) is 5.78 Å². The molecule has 1 atom stereocenters. The first-order chi connectivity index (χ1) is 17.3. The third kappa shape index (κ3) is 5.53. The van der Waals surface area contributed by atoms with Crippen LogP contribution in [0.15, 0.2) is 54.6 Å². The average molecular weight is 515 g/mol. The van der Waals surface area contributed by atoms with Gasteiger partial charge in [0.05, 0.1) is 0 Å². The highest BCUT2D eigenvalue weighted by Gasteiger charge is 2.38. The van der Waals surface area contributed by atoms with E-state index in [9.17, 15) is 27.2 Å². The molecule has 0 fully saturated rings. The Kier molecular flexibility index (Phi) is 6.88. The predicted molar refractivity (Wildman–Crippen MR) is 131 cm³/mol. The Balaban J connectivity index is 1.98. The van der Waals surface area contributed by atoms with Gasteiger partial charge in [0.1, 0.15) is 29.2 Å². The molecule has 4 nitrogen and oxygen atoms in total. The molecule has 0 saturated carbocycles. The third-order valence-electron chi connectivity index (χ3n) is 6.32. The molecule has 1 aliphatic rings. The molecule has 194 valence electrons. The van der Waals surface area contributed by atoms with Gasteiger partial charge in [0.2, 0.25) is 0 Å². The second kappa shape index (κ2) is 9.65. The fraction of sp³-hybridized carbons (Fsp3) is 0.310. The lowest BCUT2D eigenvalue weighted by Crippen LogP contribution is -2.36. The summed E-state index contributed by atoms with van der Waals surface area (Å²) in [6, 6.07) is 12.0. The van der Waals surface area contributed by atoms with E-state index in [0.29, 0.717) is 40.0 Å². The number of rotatable bonds is 6. The number of ketones is 1. The van der Waals surface area contributed by atoms with Crippen molar-refractivity contribution in [3.05, 3.63) is 82.7 Å². The van der Waals surface area contributed by atoms with Crippen molar-refractivity contribution in [3.63, 3.8) is 0 Å². The number of fused-ring (bicyclic) bond motifs is 1. The fourth-order valence-corrected chi connectivity index (χ4v) is 4.80. The Hall–Kier alpha value is -3.68. The van der Waals surface area contributed by atoms with Crippen molar-refractivity contribution in [3.8, 4) is 22.6 Å². The van der Waals surface area contributed by atoms with Crippen LogP contribution in [-0.2, 0) is 4.79 Å². The van der Waals surface area contributed by atoms with Crippen LogP contribution in [0.1, 0.15) is 73.0 Å². The smallest absolute Gasteiger partial charge is 0.487 e. The molecular weight excluding hydrogens is 488 g/mol. The van der Waals surface area contributed by atoms with Gasteiger partial charge in [-0.15, -0.1) is 13.2 Å². The summed E-state index contributed by atoms with van der Waals surface area (Å²) >= 11 is 0. The summed E-state index contributed by atoms with van der Waals surface area (Å²) in [6.45, 7) is 7.56. The van der Waals surface area contributed by atoms with Crippen LogP contribution in [0.3, 0.4) is 0 Å². The summed E-state index contributed by atoms with van der Waals surface area (Å²) in [5, 5.41) is 0. The Labute approximate surface area is 212 Å². The van der Waals surface area contributed by atoms with Crippen molar-refractivity contribution in [2.24, 2.45) is 0 Å². The lowest BCUT2D eigenvalue weighted by molar-refractivity contribution is -0.274. The van der Waals surface area contributed by atoms with Crippen molar-refractivity contribution in [2.75, 3.05) is 0 Å². The molecule has 3 aromatic carbocycles. The van der Waals surface area contributed by atoms with Crippen LogP contribution in [0.4, 0.5) is 17.6 Å². The van der Waals surface area contributed by atoms with Gasteiger partial charge in [-0.1, -0.05) is 26.0 Å². The molecule has 1 unspecified atom stereocenters. The van der Waals surface area contributed by atoms with Gasteiger partial charge in [-0.05, 0) is 73.4 Å². The van der Waals surface area contributed by atoms with Crippen LogP contribution in [0.2, 0.25) is 0 Å². The van der Waals surface area contributed by atoms with Crippen LogP contribution in [0.5, 0.6) is 11.5 Å². The highest BCUT2D eigenvalue weighted by atomic mass is 19.4. The van der Waals surface area contributed by atoms with Gasteiger partial charge in [-0.25, -0.2) is 4.39 Å². The minimum Gasteiger partial charge on any atom is -0.487 e. The first-order valence-electron chi connectivity index (χ1n) is 11.8. The second-order valence-electron chi connectivity index (χ2n) is 10.00. The molecule has 0 aromatic heterocycles. The zero-order chi connectivity index (χ0) is 27.1. The average Bonchev–Trinajstić information content (AvgIpc) is 2.81. The number of benzene rings is 3. The molecule has 0 radical (unpaired) electrons. The summed E-state index contributed by atoms with van der Waals surface area (Å²) in [4.78, 5) is 26.2. The van der Waals surface area contributed by atoms with Crippen LogP contribution < -0.4 is 9.47 Å². The molecule has 0 aliphatic carbocycles. The summed E-state index contributed by atoms with van der Waals surface area (Å²) in [7, 11) is 0. The molecular formula is C29H26F4O4. The molecule has 8 heteroatoms.